The molecule has 3 rings (SSSR count). The van der Waals surface area contributed by atoms with E-state index in [1.165, 1.54) is 0 Å². The van der Waals surface area contributed by atoms with Crippen molar-refractivity contribution in [2.75, 3.05) is 0 Å². The monoisotopic (exact) mass is 346 g/mol. The fourth-order valence-electron chi connectivity index (χ4n) is 2.03. The normalized spacial score (nSPS) is 10.7. The predicted octanol–water partition coefficient (Wildman–Crippen LogP) is 4.53. The Balaban J connectivity index is 2.41. The minimum Gasteiger partial charge on any atom is -0.294 e. The molecule has 0 bridgehead atoms. The van der Waals surface area contributed by atoms with E-state index in [1.54, 1.807) is 6.07 Å². The van der Waals surface area contributed by atoms with Crippen LogP contribution in [0.5, 0.6) is 0 Å². The Labute approximate surface area is 128 Å². The molecule has 0 radical (unpaired) electrons. The van der Waals surface area contributed by atoms with Crippen LogP contribution in [0.25, 0.3) is 22.2 Å². The highest BCUT2D eigenvalue weighted by atomic mass is 79.9. The zero-order valence-electron chi connectivity index (χ0n) is 10.2. The van der Waals surface area contributed by atoms with E-state index in [-0.39, 0.29) is 5.82 Å². The quantitative estimate of drug-likeness (QED) is 0.640. The average Bonchev–Trinajstić information content (AvgIpc) is 2.47. The van der Waals surface area contributed by atoms with E-state index in [1.807, 2.05) is 36.4 Å². The van der Waals surface area contributed by atoms with E-state index in [4.69, 9.17) is 11.6 Å². The number of carbonyl (C=O) groups excluding carboxylic acids is 1. The van der Waals surface area contributed by atoms with Gasteiger partial charge in [0.05, 0.1) is 11.2 Å². The van der Waals surface area contributed by atoms with E-state index >= 15 is 0 Å². The molecule has 0 saturated heterocycles. The van der Waals surface area contributed by atoms with Crippen molar-refractivity contribution < 1.29 is 4.79 Å². The summed E-state index contributed by atoms with van der Waals surface area (Å²) in [5.41, 5.74) is 2.15. The van der Waals surface area contributed by atoms with Crippen LogP contribution in [0.3, 0.4) is 0 Å². The van der Waals surface area contributed by atoms with Gasteiger partial charge in [-0.1, -0.05) is 45.7 Å². The summed E-state index contributed by atoms with van der Waals surface area (Å²) in [4.78, 5) is 19.5. The third-order valence-corrected chi connectivity index (χ3v) is 3.73. The molecule has 0 atom stereocenters. The second-order valence-electron chi connectivity index (χ2n) is 4.19. The van der Waals surface area contributed by atoms with Gasteiger partial charge in [0.25, 0.3) is 0 Å². The summed E-state index contributed by atoms with van der Waals surface area (Å²) in [5, 5.41) is 1.43. The predicted molar refractivity (Wildman–Crippen MR) is 83.1 cm³/mol. The van der Waals surface area contributed by atoms with Gasteiger partial charge < -0.3 is 0 Å². The summed E-state index contributed by atoms with van der Waals surface area (Å²) < 4.78 is 0.917. The van der Waals surface area contributed by atoms with Crippen molar-refractivity contribution in [1.82, 2.24) is 9.97 Å². The Bertz CT molecular complexity index is 820. The molecule has 1 aromatic heterocycles. The number of aromatic nitrogens is 2. The lowest BCUT2D eigenvalue weighted by molar-refractivity contribution is 0.111. The Morgan fingerprint density at radius 3 is 2.65 bits per heavy atom. The molecule has 3 nitrogen and oxygen atoms in total. The van der Waals surface area contributed by atoms with Crippen LogP contribution in [-0.4, -0.2) is 16.3 Å². The highest BCUT2D eigenvalue weighted by molar-refractivity contribution is 9.10. The van der Waals surface area contributed by atoms with Crippen LogP contribution in [0.1, 0.15) is 10.6 Å². The minimum atomic E-state index is 0.148. The summed E-state index contributed by atoms with van der Waals surface area (Å²) >= 11 is 9.67. The average molecular weight is 348 g/mol. The third kappa shape index (κ3) is 2.32. The number of rotatable bonds is 2. The smallest absolute Gasteiger partial charge is 0.193 e. The van der Waals surface area contributed by atoms with Crippen LogP contribution in [0, 0.1) is 0 Å². The molecule has 0 fully saturated rings. The third-order valence-electron chi connectivity index (χ3n) is 2.91. The Morgan fingerprint density at radius 2 is 1.90 bits per heavy atom. The minimum absolute atomic E-state index is 0.148. The summed E-state index contributed by atoms with van der Waals surface area (Å²) in [7, 11) is 0. The molecule has 98 valence electrons. The van der Waals surface area contributed by atoms with Crippen LogP contribution in [0.4, 0.5) is 0 Å². The summed E-state index contributed by atoms with van der Waals surface area (Å²) in [5.74, 6) is 0.148. The van der Waals surface area contributed by atoms with E-state index < -0.39 is 0 Å². The van der Waals surface area contributed by atoms with Crippen molar-refractivity contribution in [3.8, 4) is 11.3 Å². The first-order valence-corrected chi connectivity index (χ1v) is 7.03. The van der Waals surface area contributed by atoms with Crippen LogP contribution in [0.2, 0.25) is 5.02 Å². The Kier molecular flexibility index (Phi) is 3.51. The molecule has 0 amide bonds. The number of aldehydes is 1. The molecule has 1 heterocycles. The molecular formula is C15H8BrClN2O. The van der Waals surface area contributed by atoms with Crippen molar-refractivity contribution >= 4 is 44.7 Å². The second kappa shape index (κ2) is 5.31. The van der Waals surface area contributed by atoms with Crippen molar-refractivity contribution in [3.05, 3.63) is 57.8 Å². The number of fused-ring (bicyclic) bond motifs is 1. The van der Waals surface area contributed by atoms with Gasteiger partial charge in [-0.15, -0.1) is 0 Å². The maximum Gasteiger partial charge on any atom is 0.193 e. The lowest BCUT2D eigenvalue weighted by atomic mass is 10.1. The van der Waals surface area contributed by atoms with Gasteiger partial charge in [-0.2, -0.15) is 0 Å². The SMILES string of the molecule is O=Cc1nc(-c2ccccc2Cl)c2cc(Br)ccc2n1. The summed E-state index contributed by atoms with van der Waals surface area (Å²) in [6.07, 6.45) is 0.641. The lowest BCUT2D eigenvalue weighted by Crippen LogP contribution is -1.97. The van der Waals surface area contributed by atoms with Crippen molar-refractivity contribution in [3.63, 3.8) is 0 Å². The van der Waals surface area contributed by atoms with Crippen LogP contribution >= 0.6 is 27.5 Å². The van der Waals surface area contributed by atoms with Gasteiger partial charge in [0, 0.05) is 20.4 Å². The number of halogens is 2. The van der Waals surface area contributed by atoms with Crippen molar-refractivity contribution in [2.24, 2.45) is 0 Å². The molecule has 0 aliphatic heterocycles. The van der Waals surface area contributed by atoms with E-state index in [0.29, 0.717) is 22.5 Å². The van der Waals surface area contributed by atoms with Crippen LogP contribution in [0.15, 0.2) is 46.9 Å². The number of nitrogens with zero attached hydrogens (tertiary/aromatic N) is 2. The number of hydrogen-bond donors (Lipinski definition) is 0. The molecule has 0 aliphatic rings. The highest BCUT2D eigenvalue weighted by Crippen LogP contribution is 2.32. The molecule has 0 saturated carbocycles. The first-order chi connectivity index (χ1) is 9.69. The largest absolute Gasteiger partial charge is 0.294 e. The molecule has 5 heteroatoms. The van der Waals surface area contributed by atoms with Crippen LogP contribution in [-0.2, 0) is 0 Å². The number of carbonyl (C=O) groups is 1. The number of benzene rings is 2. The molecule has 0 unspecified atom stereocenters. The zero-order valence-corrected chi connectivity index (χ0v) is 12.5. The molecular weight excluding hydrogens is 340 g/mol. The summed E-state index contributed by atoms with van der Waals surface area (Å²) in [6, 6.07) is 13.0. The molecule has 20 heavy (non-hydrogen) atoms. The molecule has 0 spiro atoms. The summed E-state index contributed by atoms with van der Waals surface area (Å²) in [6.45, 7) is 0. The molecule has 2 aromatic carbocycles. The molecule has 0 N–H and O–H groups in total. The lowest BCUT2D eigenvalue weighted by Gasteiger charge is -2.08. The van der Waals surface area contributed by atoms with E-state index in [2.05, 4.69) is 25.9 Å². The maximum atomic E-state index is 11.0. The van der Waals surface area contributed by atoms with Crippen molar-refractivity contribution in [2.45, 2.75) is 0 Å². The number of hydrogen-bond acceptors (Lipinski definition) is 3. The Hall–Kier alpha value is -1.78. The van der Waals surface area contributed by atoms with Gasteiger partial charge in [-0.25, -0.2) is 9.97 Å². The fourth-order valence-corrected chi connectivity index (χ4v) is 2.62. The second-order valence-corrected chi connectivity index (χ2v) is 5.51. The van der Waals surface area contributed by atoms with Gasteiger partial charge in [-0.3, -0.25) is 4.79 Å². The van der Waals surface area contributed by atoms with Gasteiger partial charge in [0.1, 0.15) is 0 Å². The van der Waals surface area contributed by atoms with Gasteiger partial charge in [-0.05, 0) is 24.3 Å². The first-order valence-electron chi connectivity index (χ1n) is 5.86. The zero-order chi connectivity index (χ0) is 14.1. The maximum absolute atomic E-state index is 11.0. The Morgan fingerprint density at radius 1 is 1.10 bits per heavy atom. The van der Waals surface area contributed by atoms with E-state index in [0.717, 1.165) is 15.4 Å². The van der Waals surface area contributed by atoms with E-state index in [9.17, 15) is 4.79 Å². The standard InChI is InChI=1S/C15H8BrClN2O/c16-9-5-6-13-11(7-9)15(19-14(8-20)18-13)10-3-1-2-4-12(10)17/h1-8H. The van der Waals surface area contributed by atoms with Gasteiger partial charge >= 0.3 is 0 Å². The fraction of sp³-hybridized carbons (Fsp3) is 0. The highest BCUT2D eigenvalue weighted by Gasteiger charge is 2.12. The first kappa shape index (κ1) is 13.2. The molecule has 0 aliphatic carbocycles. The molecule has 3 aromatic rings. The van der Waals surface area contributed by atoms with Gasteiger partial charge in [0.2, 0.25) is 0 Å². The topological polar surface area (TPSA) is 42.9 Å². The van der Waals surface area contributed by atoms with Crippen molar-refractivity contribution in [1.29, 1.82) is 0 Å². The van der Waals surface area contributed by atoms with Crippen LogP contribution < -0.4 is 0 Å². The van der Waals surface area contributed by atoms with Gasteiger partial charge in [0.15, 0.2) is 12.1 Å².